The highest BCUT2D eigenvalue weighted by Gasteiger charge is 2.34. The van der Waals surface area contributed by atoms with Crippen molar-refractivity contribution in [1.29, 1.82) is 0 Å². The summed E-state index contributed by atoms with van der Waals surface area (Å²) in [7, 11) is 0. The second-order valence-electron chi connectivity index (χ2n) is 8.18. The average Bonchev–Trinajstić information content (AvgIpc) is 3.51. The molecule has 1 aliphatic heterocycles. The Morgan fingerprint density at radius 1 is 1.15 bits per heavy atom. The van der Waals surface area contributed by atoms with Crippen LogP contribution in [-0.2, 0) is 16.7 Å². The molecule has 0 radical (unpaired) electrons. The van der Waals surface area contributed by atoms with Gasteiger partial charge in [-0.2, -0.15) is 0 Å². The maximum Gasteiger partial charge on any atom is 0.262 e. The van der Waals surface area contributed by atoms with Crippen LogP contribution in [0.2, 0.25) is 0 Å². The van der Waals surface area contributed by atoms with Crippen LogP contribution in [-0.4, -0.2) is 40.6 Å². The number of ether oxygens (including phenoxy) is 1. The minimum atomic E-state index is -0.109. The summed E-state index contributed by atoms with van der Waals surface area (Å²) in [5, 5.41) is 10.3. The van der Waals surface area contributed by atoms with Crippen LogP contribution in [0.1, 0.15) is 38.6 Å². The van der Waals surface area contributed by atoms with Gasteiger partial charge in [-0.25, -0.2) is 15.0 Å². The number of carbonyl (C=O) groups excluding carboxylic acids is 1. The molecular formula is C24H25N5O2S2. The number of thiazole rings is 1. The third-order valence-corrected chi connectivity index (χ3v) is 8.23. The second kappa shape index (κ2) is 9.54. The summed E-state index contributed by atoms with van der Waals surface area (Å²) in [4.78, 5) is 27.6. The number of nitrogens with one attached hydrogen (secondary N) is 2. The zero-order valence-electron chi connectivity index (χ0n) is 18.3. The van der Waals surface area contributed by atoms with E-state index in [1.807, 2.05) is 18.4 Å². The van der Waals surface area contributed by atoms with E-state index in [0.29, 0.717) is 11.4 Å². The van der Waals surface area contributed by atoms with Crippen molar-refractivity contribution in [2.24, 2.45) is 0 Å². The molecule has 1 aromatic carbocycles. The monoisotopic (exact) mass is 479 g/mol. The lowest BCUT2D eigenvalue weighted by atomic mass is 9.74. The number of fused-ring (bicyclic) bond motifs is 1. The third-order valence-electron chi connectivity index (χ3n) is 6.25. The van der Waals surface area contributed by atoms with Crippen LogP contribution >= 0.6 is 22.7 Å². The molecule has 1 fully saturated rings. The SMILES string of the molecule is Cc1c(C(=O)NCc2nccs2)sc2ncnc(NCC3(c4ccccc4)CCOCC3)c12. The molecule has 33 heavy (non-hydrogen) atoms. The van der Waals surface area contributed by atoms with E-state index in [2.05, 4.69) is 49.9 Å². The van der Waals surface area contributed by atoms with E-state index in [1.54, 1.807) is 12.5 Å². The number of aryl methyl sites for hydroxylation is 1. The summed E-state index contributed by atoms with van der Waals surface area (Å²) in [5.74, 6) is 0.663. The minimum Gasteiger partial charge on any atom is -0.381 e. The molecular weight excluding hydrogens is 454 g/mol. The molecule has 1 amide bonds. The molecule has 4 aromatic rings. The molecule has 1 saturated heterocycles. The fourth-order valence-corrected chi connectivity index (χ4v) is 5.99. The highest BCUT2D eigenvalue weighted by atomic mass is 32.1. The lowest BCUT2D eigenvalue weighted by Crippen LogP contribution is -2.40. The van der Waals surface area contributed by atoms with Gasteiger partial charge < -0.3 is 15.4 Å². The van der Waals surface area contributed by atoms with E-state index in [4.69, 9.17) is 4.74 Å². The number of thiophene rings is 1. The summed E-state index contributed by atoms with van der Waals surface area (Å²) < 4.78 is 5.67. The zero-order chi connectivity index (χ0) is 22.7. The molecule has 0 bridgehead atoms. The number of amides is 1. The van der Waals surface area contributed by atoms with Gasteiger partial charge in [0, 0.05) is 36.8 Å². The Morgan fingerprint density at radius 2 is 1.97 bits per heavy atom. The van der Waals surface area contributed by atoms with Crippen molar-refractivity contribution in [3.8, 4) is 0 Å². The molecule has 0 saturated carbocycles. The van der Waals surface area contributed by atoms with Crippen LogP contribution in [0.5, 0.6) is 0 Å². The van der Waals surface area contributed by atoms with Crippen LogP contribution in [0, 0.1) is 6.92 Å². The molecule has 0 spiro atoms. The largest absolute Gasteiger partial charge is 0.381 e. The van der Waals surface area contributed by atoms with Crippen molar-refractivity contribution in [3.63, 3.8) is 0 Å². The first kappa shape index (κ1) is 21.9. The number of hydrogen-bond acceptors (Lipinski definition) is 8. The number of aromatic nitrogens is 3. The number of hydrogen-bond donors (Lipinski definition) is 2. The maximum atomic E-state index is 12.9. The predicted molar refractivity (Wildman–Crippen MR) is 132 cm³/mol. The topological polar surface area (TPSA) is 89.0 Å². The fourth-order valence-electron chi connectivity index (χ4n) is 4.37. The molecule has 9 heteroatoms. The summed E-state index contributed by atoms with van der Waals surface area (Å²) in [6.45, 7) is 4.62. The Kier molecular flexibility index (Phi) is 6.34. The molecule has 2 N–H and O–H groups in total. The van der Waals surface area contributed by atoms with Crippen LogP contribution in [0.4, 0.5) is 5.82 Å². The Morgan fingerprint density at radius 3 is 2.73 bits per heavy atom. The zero-order valence-corrected chi connectivity index (χ0v) is 20.0. The van der Waals surface area contributed by atoms with Gasteiger partial charge in [0.25, 0.3) is 5.91 Å². The van der Waals surface area contributed by atoms with Gasteiger partial charge in [-0.3, -0.25) is 4.79 Å². The average molecular weight is 480 g/mol. The van der Waals surface area contributed by atoms with Gasteiger partial charge in [0.05, 0.1) is 16.8 Å². The number of carbonyl (C=O) groups is 1. The highest BCUT2D eigenvalue weighted by Crippen LogP contribution is 2.37. The highest BCUT2D eigenvalue weighted by molar-refractivity contribution is 7.20. The molecule has 1 aliphatic rings. The molecule has 0 unspecified atom stereocenters. The van der Waals surface area contributed by atoms with Crippen LogP contribution in [0.3, 0.4) is 0 Å². The Balaban J connectivity index is 1.40. The van der Waals surface area contributed by atoms with Crippen LogP contribution in [0.15, 0.2) is 48.2 Å². The van der Waals surface area contributed by atoms with Gasteiger partial charge >= 0.3 is 0 Å². The Hall–Kier alpha value is -2.88. The summed E-state index contributed by atoms with van der Waals surface area (Å²) in [6.07, 6.45) is 5.21. The number of nitrogens with zero attached hydrogens (tertiary/aromatic N) is 3. The number of anilines is 1. The normalized spacial score (nSPS) is 15.4. The van der Waals surface area contributed by atoms with E-state index in [9.17, 15) is 4.79 Å². The van der Waals surface area contributed by atoms with E-state index in [1.165, 1.54) is 28.2 Å². The molecule has 5 rings (SSSR count). The first-order chi connectivity index (χ1) is 16.2. The molecule has 4 heterocycles. The van der Waals surface area contributed by atoms with Gasteiger partial charge in [-0.15, -0.1) is 22.7 Å². The van der Waals surface area contributed by atoms with E-state index in [0.717, 1.165) is 59.2 Å². The molecule has 3 aromatic heterocycles. The van der Waals surface area contributed by atoms with Crippen molar-refractivity contribution in [2.45, 2.75) is 31.7 Å². The summed E-state index contributed by atoms with van der Waals surface area (Å²) in [6, 6.07) is 10.6. The first-order valence-electron chi connectivity index (χ1n) is 10.9. The molecule has 170 valence electrons. The van der Waals surface area contributed by atoms with Gasteiger partial charge in [0.2, 0.25) is 0 Å². The lowest BCUT2D eigenvalue weighted by molar-refractivity contribution is 0.0544. The molecule has 7 nitrogen and oxygen atoms in total. The van der Waals surface area contributed by atoms with Crippen LogP contribution in [0.25, 0.3) is 10.2 Å². The molecule has 0 aliphatic carbocycles. The van der Waals surface area contributed by atoms with E-state index in [-0.39, 0.29) is 11.3 Å². The Bertz CT molecular complexity index is 1230. The lowest BCUT2D eigenvalue weighted by Gasteiger charge is -2.38. The second-order valence-corrected chi connectivity index (χ2v) is 10.2. The maximum absolute atomic E-state index is 12.9. The number of benzene rings is 1. The standard InChI is InChI=1S/C24H25N5O2S2/c1-16-19-21(27-14-24(7-10-31-11-8-24)17-5-3-2-4-6-17)28-15-29-23(19)33-20(16)22(30)26-13-18-25-9-12-32-18/h2-6,9,12,15H,7-8,10-11,13-14H2,1H3,(H,26,30)(H,27,28,29). The van der Waals surface area contributed by atoms with Crippen molar-refractivity contribution >= 4 is 44.6 Å². The smallest absolute Gasteiger partial charge is 0.262 e. The quantitative estimate of drug-likeness (QED) is 0.404. The summed E-state index contributed by atoms with van der Waals surface area (Å²) in [5.41, 5.74) is 2.19. The predicted octanol–water partition coefficient (Wildman–Crippen LogP) is 4.55. The van der Waals surface area contributed by atoms with E-state index >= 15 is 0 Å². The fraction of sp³-hybridized carbons (Fsp3) is 0.333. The minimum absolute atomic E-state index is 0.0192. The van der Waals surface area contributed by atoms with Crippen molar-refractivity contribution < 1.29 is 9.53 Å². The van der Waals surface area contributed by atoms with Crippen molar-refractivity contribution in [1.82, 2.24) is 20.3 Å². The Labute approximate surface area is 200 Å². The number of rotatable bonds is 7. The molecule has 0 atom stereocenters. The van der Waals surface area contributed by atoms with Crippen molar-refractivity contribution in [2.75, 3.05) is 25.1 Å². The first-order valence-corrected chi connectivity index (χ1v) is 12.6. The van der Waals surface area contributed by atoms with Gasteiger partial charge in [-0.1, -0.05) is 30.3 Å². The van der Waals surface area contributed by atoms with E-state index < -0.39 is 0 Å². The van der Waals surface area contributed by atoms with Gasteiger partial charge in [0.15, 0.2) is 0 Å². The van der Waals surface area contributed by atoms with Gasteiger partial charge in [-0.05, 0) is 30.9 Å². The van der Waals surface area contributed by atoms with Crippen LogP contribution < -0.4 is 10.6 Å². The summed E-state index contributed by atoms with van der Waals surface area (Å²) >= 11 is 2.93. The third kappa shape index (κ3) is 4.48. The van der Waals surface area contributed by atoms with Crippen molar-refractivity contribution in [3.05, 3.63) is 69.2 Å². The van der Waals surface area contributed by atoms with Gasteiger partial charge in [0.1, 0.15) is 22.0 Å².